The van der Waals surface area contributed by atoms with Crippen LogP contribution in [0.15, 0.2) is 47.2 Å². The molecule has 0 atom stereocenters. The van der Waals surface area contributed by atoms with Crippen LogP contribution >= 0.6 is 15.9 Å². The van der Waals surface area contributed by atoms with Crippen molar-refractivity contribution in [3.05, 3.63) is 58.3 Å². The van der Waals surface area contributed by atoms with Crippen LogP contribution in [0.3, 0.4) is 0 Å². The third-order valence-corrected chi connectivity index (χ3v) is 3.15. The summed E-state index contributed by atoms with van der Waals surface area (Å²) >= 11 is 3.52. The van der Waals surface area contributed by atoms with Crippen molar-refractivity contribution in [3.8, 4) is 5.75 Å². The zero-order chi connectivity index (χ0) is 12.8. The maximum Gasteiger partial charge on any atom is 0.138 e. The molecule has 0 aliphatic rings. The summed E-state index contributed by atoms with van der Waals surface area (Å²) in [4.78, 5) is 4.07. The molecule has 94 valence electrons. The summed E-state index contributed by atoms with van der Waals surface area (Å²) in [5.41, 5.74) is 2.19. The molecule has 0 spiro atoms. The van der Waals surface area contributed by atoms with Crippen LogP contribution in [0.4, 0.5) is 0 Å². The molecule has 2 rings (SSSR count). The average molecular weight is 307 g/mol. The van der Waals surface area contributed by atoms with Crippen LogP contribution in [0, 0.1) is 0 Å². The standard InChI is InChI=1S/C14H15BrN2O/c1-16-9-12-5-2-6-13(15)14(12)18-10-11-4-3-7-17-8-11/h2-8,16H,9-10H2,1H3. The van der Waals surface area contributed by atoms with E-state index in [9.17, 15) is 0 Å². The van der Waals surface area contributed by atoms with Crippen LogP contribution in [-0.2, 0) is 13.2 Å². The maximum absolute atomic E-state index is 5.88. The van der Waals surface area contributed by atoms with E-state index < -0.39 is 0 Å². The van der Waals surface area contributed by atoms with Gasteiger partial charge < -0.3 is 10.1 Å². The lowest BCUT2D eigenvalue weighted by Gasteiger charge is -2.13. The molecule has 2 aromatic rings. The van der Waals surface area contributed by atoms with Gasteiger partial charge in [0.05, 0.1) is 4.47 Å². The first kappa shape index (κ1) is 13.1. The highest BCUT2D eigenvalue weighted by Gasteiger charge is 2.07. The monoisotopic (exact) mass is 306 g/mol. The van der Waals surface area contributed by atoms with E-state index in [1.165, 1.54) is 0 Å². The van der Waals surface area contributed by atoms with Crippen molar-refractivity contribution in [1.29, 1.82) is 0 Å². The molecule has 0 saturated heterocycles. The van der Waals surface area contributed by atoms with E-state index in [1.807, 2.05) is 37.5 Å². The van der Waals surface area contributed by atoms with Gasteiger partial charge in [-0.15, -0.1) is 0 Å². The fourth-order valence-electron chi connectivity index (χ4n) is 1.68. The summed E-state index contributed by atoms with van der Waals surface area (Å²) < 4.78 is 6.85. The van der Waals surface area contributed by atoms with Gasteiger partial charge in [0, 0.05) is 30.1 Å². The zero-order valence-electron chi connectivity index (χ0n) is 10.2. The van der Waals surface area contributed by atoms with Gasteiger partial charge >= 0.3 is 0 Å². The number of aromatic nitrogens is 1. The molecular weight excluding hydrogens is 292 g/mol. The molecule has 0 unspecified atom stereocenters. The quantitative estimate of drug-likeness (QED) is 0.921. The topological polar surface area (TPSA) is 34.1 Å². The van der Waals surface area contributed by atoms with Gasteiger partial charge in [0.1, 0.15) is 12.4 Å². The molecule has 4 heteroatoms. The predicted octanol–water partition coefficient (Wildman–Crippen LogP) is 3.14. The van der Waals surface area contributed by atoms with Gasteiger partial charge in [0.25, 0.3) is 0 Å². The number of benzene rings is 1. The molecule has 0 aliphatic heterocycles. The Morgan fingerprint density at radius 2 is 2.17 bits per heavy atom. The van der Waals surface area contributed by atoms with Crippen molar-refractivity contribution >= 4 is 15.9 Å². The fraction of sp³-hybridized carbons (Fsp3) is 0.214. The number of hydrogen-bond donors (Lipinski definition) is 1. The van der Waals surface area contributed by atoms with Crippen molar-refractivity contribution < 1.29 is 4.74 Å². The minimum atomic E-state index is 0.521. The Labute approximate surface area is 115 Å². The Morgan fingerprint density at radius 3 is 2.89 bits per heavy atom. The molecule has 1 aromatic heterocycles. The lowest BCUT2D eigenvalue weighted by molar-refractivity contribution is 0.300. The lowest BCUT2D eigenvalue weighted by Crippen LogP contribution is -2.08. The third kappa shape index (κ3) is 3.31. The Morgan fingerprint density at radius 1 is 1.28 bits per heavy atom. The number of hydrogen-bond acceptors (Lipinski definition) is 3. The molecule has 0 radical (unpaired) electrons. The van der Waals surface area contributed by atoms with Crippen molar-refractivity contribution in [2.24, 2.45) is 0 Å². The number of nitrogens with zero attached hydrogens (tertiary/aromatic N) is 1. The van der Waals surface area contributed by atoms with Crippen LogP contribution < -0.4 is 10.1 Å². The van der Waals surface area contributed by atoms with Crippen molar-refractivity contribution in [2.45, 2.75) is 13.2 Å². The summed E-state index contributed by atoms with van der Waals surface area (Å²) in [6.07, 6.45) is 3.57. The molecule has 0 aliphatic carbocycles. The van der Waals surface area contributed by atoms with Crippen LogP contribution in [-0.4, -0.2) is 12.0 Å². The van der Waals surface area contributed by atoms with Gasteiger partial charge in [-0.1, -0.05) is 18.2 Å². The first-order valence-electron chi connectivity index (χ1n) is 5.75. The second kappa shape index (κ2) is 6.52. The van der Waals surface area contributed by atoms with E-state index in [-0.39, 0.29) is 0 Å². The lowest BCUT2D eigenvalue weighted by atomic mass is 10.2. The van der Waals surface area contributed by atoms with E-state index in [4.69, 9.17) is 4.74 Å². The predicted molar refractivity (Wildman–Crippen MR) is 75.5 cm³/mol. The van der Waals surface area contributed by atoms with Gasteiger partial charge in [0.2, 0.25) is 0 Å². The molecule has 1 heterocycles. The van der Waals surface area contributed by atoms with E-state index in [0.29, 0.717) is 6.61 Å². The summed E-state index contributed by atoms with van der Waals surface area (Å²) in [5.74, 6) is 0.885. The fourth-order valence-corrected chi connectivity index (χ4v) is 2.21. The van der Waals surface area contributed by atoms with Gasteiger partial charge in [-0.25, -0.2) is 0 Å². The average Bonchev–Trinajstić information content (AvgIpc) is 2.40. The number of para-hydroxylation sites is 1. The van der Waals surface area contributed by atoms with Gasteiger partial charge in [-0.2, -0.15) is 0 Å². The summed E-state index contributed by atoms with van der Waals surface area (Å²) in [6.45, 7) is 1.30. The molecule has 0 saturated carbocycles. The van der Waals surface area contributed by atoms with Gasteiger partial charge in [-0.05, 0) is 35.1 Å². The zero-order valence-corrected chi connectivity index (χ0v) is 11.8. The van der Waals surface area contributed by atoms with Crippen LogP contribution in [0.5, 0.6) is 5.75 Å². The highest BCUT2D eigenvalue weighted by atomic mass is 79.9. The minimum absolute atomic E-state index is 0.521. The van der Waals surface area contributed by atoms with Crippen molar-refractivity contribution in [2.75, 3.05) is 7.05 Å². The smallest absolute Gasteiger partial charge is 0.138 e. The third-order valence-electron chi connectivity index (χ3n) is 2.52. The molecule has 0 bridgehead atoms. The van der Waals surface area contributed by atoms with Crippen LogP contribution in [0.1, 0.15) is 11.1 Å². The Balaban J connectivity index is 2.13. The van der Waals surface area contributed by atoms with Crippen molar-refractivity contribution in [1.82, 2.24) is 10.3 Å². The summed E-state index contributed by atoms with van der Waals surface area (Å²) in [7, 11) is 1.92. The second-order valence-corrected chi connectivity index (χ2v) is 4.76. The molecule has 0 amide bonds. The molecular formula is C14H15BrN2O. The number of rotatable bonds is 5. The highest BCUT2D eigenvalue weighted by Crippen LogP contribution is 2.29. The van der Waals surface area contributed by atoms with Gasteiger partial charge in [-0.3, -0.25) is 4.98 Å². The normalized spacial score (nSPS) is 10.3. The second-order valence-electron chi connectivity index (χ2n) is 3.91. The largest absolute Gasteiger partial charge is 0.487 e. The maximum atomic E-state index is 5.88. The number of ether oxygens (including phenoxy) is 1. The SMILES string of the molecule is CNCc1cccc(Br)c1OCc1cccnc1. The Bertz CT molecular complexity index is 502. The van der Waals surface area contributed by atoms with E-state index in [1.54, 1.807) is 6.20 Å². The molecule has 1 aromatic carbocycles. The van der Waals surface area contributed by atoms with Crippen molar-refractivity contribution in [3.63, 3.8) is 0 Å². The van der Waals surface area contributed by atoms with Crippen LogP contribution in [0.25, 0.3) is 0 Å². The number of pyridine rings is 1. The first-order valence-corrected chi connectivity index (χ1v) is 6.54. The van der Waals surface area contributed by atoms with Gasteiger partial charge in [0.15, 0.2) is 0 Å². The van der Waals surface area contributed by atoms with Crippen LogP contribution in [0.2, 0.25) is 0 Å². The molecule has 1 N–H and O–H groups in total. The van der Waals surface area contributed by atoms with E-state index in [2.05, 4.69) is 32.3 Å². The van der Waals surface area contributed by atoms with E-state index in [0.717, 1.165) is 27.9 Å². The molecule has 3 nitrogen and oxygen atoms in total. The Hall–Kier alpha value is -1.39. The molecule has 0 fully saturated rings. The number of nitrogens with one attached hydrogen (secondary N) is 1. The van der Waals surface area contributed by atoms with E-state index >= 15 is 0 Å². The Kier molecular flexibility index (Phi) is 4.73. The summed E-state index contributed by atoms with van der Waals surface area (Å²) in [5, 5.41) is 3.14. The summed E-state index contributed by atoms with van der Waals surface area (Å²) in [6, 6.07) is 9.96. The molecule has 18 heavy (non-hydrogen) atoms. The first-order chi connectivity index (χ1) is 8.81. The minimum Gasteiger partial charge on any atom is -0.487 e. The number of halogens is 1. The highest BCUT2D eigenvalue weighted by molar-refractivity contribution is 9.10.